The van der Waals surface area contributed by atoms with Gasteiger partial charge in [-0.05, 0) is 24.9 Å². The average molecular weight is 376 g/mol. The molecule has 2 aliphatic heterocycles. The number of halogens is 3. The summed E-state index contributed by atoms with van der Waals surface area (Å²) in [6.07, 6.45) is 0.197. The number of hydrogen-bond acceptors (Lipinski definition) is 4. The third kappa shape index (κ3) is 3.40. The fourth-order valence-corrected chi connectivity index (χ4v) is 4.68. The van der Waals surface area contributed by atoms with E-state index in [9.17, 15) is 13.2 Å². The van der Waals surface area contributed by atoms with Crippen molar-refractivity contribution in [3.63, 3.8) is 0 Å². The number of likely N-dealkylation sites (tertiary alicyclic amines) is 1. The second kappa shape index (κ2) is 6.78. The van der Waals surface area contributed by atoms with Gasteiger partial charge in [0, 0.05) is 31.1 Å². The lowest BCUT2D eigenvalue weighted by atomic mass is 9.69. The van der Waals surface area contributed by atoms with E-state index >= 15 is 0 Å². The molecule has 2 atom stereocenters. The average Bonchev–Trinajstić information content (AvgIpc) is 3.06. The Hall–Kier alpha value is -2.15. The Morgan fingerprint density at radius 3 is 2.44 bits per heavy atom. The second-order valence-electron chi connectivity index (χ2n) is 7.62. The maximum absolute atomic E-state index is 12.7. The van der Waals surface area contributed by atoms with Crippen molar-refractivity contribution >= 4 is 5.69 Å². The van der Waals surface area contributed by atoms with Crippen molar-refractivity contribution in [2.24, 2.45) is 5.41 Å². The van der Waals surface area contributed by atoms with E-state index in [1.165, 1.54) is 18.0 Å². The topological polar surface area (TPSA) is 32.3 Å². The van der Waals surface area contributed by atoms with Crippen LogP contribution >= 0.6 is 0 Å². The van der Waals surface area contributed by atoms with E-state index in [1.807, 2.05) is 6.07 Å². The van der Waals surface area contributed by atoms with E-state index in [1.54, 1.807) is 0 Å². The van der Waals surface area contributed by atoms with Crippen LogP contribution in [0.3, 0.4) is 0 Å². The second-order valence-corrected chi connectivity index (χ2v) is 7.62. The van der Waals surface area contributed by atoms with Crippen LogP contribution in [-0.2, 0) is 12.7 Å². The van der Waals surface area contributed by atoms with Crippen LogP contribution in [0.1, 0.15) is 31.2 Å². The molecule has 2 aromatic rings. The SMILES string of the molecule is CCC1N(c2cnc(C(F)(F)F)nc2)CC12CCN(Cc1ccccc1)C2. The molecule has 3 heterocycles. The van der Waals surface area contributed by atoms with Crippen LogP contribution in [0, 0.1) is 5.41 Å². The number of hydrogen-bond donors (Lipinski definition) is 0. The molecular formula is C20H23F3N4. The predicted octanol–water partition coefficient (Wildman–Crippen LogP) is 3.99. The normalized spacial score (nSPS) is 25.8. The van der Waals surface area contributed by atoms with Gasteiger partial charge in [-0.1, -0.05) is 37.3 Å². The number of aromatic nitrogens is 2. The minimum Gasteiger partial charge on any atom is -0.365 e. The zero-order valence-corrected chi connectivity index (χ0v) is 15.3. The van der Waals surface area contributed by atoms with E-state index in [-0.39, 0.29) is 5.41 Å². The summed E-state index contributed by atoms with van der Waals surface area (Å²) in [6.45, 7) is 6.03. The van der Waals surface area contributed by atoms with E-state index < -0.39 is 12.0 Å². The van der Waals surface area contributed by atoms with Gasteiger partial charge >= 0.3 is 6.18 Å². The van der Waals surface area contributed by atoms with Gasteiger partial charge in [0.15, 0.2) is 0 Å². The molecule has 4 rings (SSSR count). The highest BCUT2D eigenvalue weighted by atomic mass is 19.4. The first-order chi connectivity index (χ1) is 12.9. The van der Waals surface area contributed by atoms with Gasteiger partial charge in [-0.3, -0.25) is 4.90 Å². The van der Waals surface area contributed by atoms with E-state index in [4.69, 9.17) is 0 Å². The lowest BCUT2D eigenvalue weighted by Gasteiger charge is -2.57. The molecule has 2 saturated heterocycles. The van der Waals surface area contributed by atoms with Gasteiger partial charge in [-0.15, -0.1) is 0 Å². The molecule has 2 fully saturated rings. The van der Waals surface area contributed by atoms with Gasteiger partial charge in [0.1, 0.15) is 0 Å². The number of nitrogens with zero attached hydrogens (tertiary/aromatic N) is 4. The number of alkyl halides is 3. The van der Waals surface area contributed by atoms with Crippen molar-refractivity contribution < 1.29 is 13.2 Å². The molecule has 27 heavy (non-hydrogen) atoms. The van der Waals surface area contributed by atoms with Crippen LogP contribution < -0.4 is 4.90 Å². The summed E-state index contributed by atoms with van der Waals surface area (Å²) in [5, 5.41) is 0. The lowest BCUT2D eigenvalue weighted by Crippen LogP contribution is -2.65. The fraction of sp³-hybridized carbons (Fsp3) is 0.500. The number of benzene rings is 1. The molecule has 7 heteroatoms. The smallest absolute Gasteiger partial charge is 0.365 e. The summed E-state index contributed by atoms with van der Waals surface area (Å²) in [6, 6.07) is 10.8. The Balaban J connectivity index is 1.43. The van der Waals surface area contributed by atoms with Crippen LogP contribution in [0.25, 0.3) is 0 Å². The summed E-state index contributed by atoms with van der Waals surface area (Å²) >= 11 is 0. The minimum absolute atomic E-state index is 0.215. The molecule has 0 saturated carbocycles. The molecular weight excluding hydrogens is 353 g/mol. The lowest BCUT2D eigenvalue weighted by molar-refractivity contribution is -0.145. The van der Waals surface area contributed by atoms with Crippen LogP contribution in [0.15, 0.2) is 42.7 Å². The Morgan fingerprint density at radius 1 is 1.11 bits per heavy atom. The summed E-state index contributed by atoms with van der Waals surface area (Å²) in [5.41, 5.74) is 2.21. The maximum atomic E-state index is 12.7. The van der Waals surface area contributed by atoms with Gasteiger partial charge in [-0.25, -0.2) is 9.97 Å². The molecule has 1 spiro atoms. The Morgan fingerprint density at radius 2 is 1.81 bits per heavy atom. The molecule has 2 unspecified atom stereocenters. The third-order valence-electron chi connectivity index (χ3n) is 5.89. The van der Waals surface area contributed by atoms with Crippen molar-refractivity contribution in [2.45, 2.75) is 38.5 Å². The standard InChI is InChI=1S/C20H23F3N4/c1-2-17-19(8-9-26(13-19)12-15-6-4-3-5-7-15)14-27(17)16-10-24-18(25-11-16)20(21,22)23/h3-7,10-11,17H,2,8-9,12-14H2,1H3. The highest BCUT2D eigenvalue weighted by Gasteiger charge is 2.54. The summed E-state index contributed by atoms with van der Waals surface area (Å²) in [5.74, 6) is -1.08. The largest absolute Gasteiger partial charge is 0.451 e. The molecule has 0 aliphatic carbocycles. The molecule has 0 amide bonds. The maximum Gasteiger partial charge on any atom is 0.451 e. The zero-order valence-electron chi connectivity index (χ0n) is 15.3. The van der Waals surface area contributed by atoms with Crippen molar-refractivity contribution in [1.82, 2.24) is 14.9 Å². The Kier molecular flexibility index (Phi) is 4.58. The van der Waals surface area contributed by atoms with E-state index in [0.717, 1.165) is 39.0 Å². The molecule has 1 aromatic heterocycles. The van der Waals surface area contributed by atoms with Crippen molar-refractivity contribution in [3.05, 3.63) is 54.1 Å². The highest BCUT2D eigenvalue weighted by molar-refractivity contribution is 5.49. The molecule has 144 valence electrons. The summed E-state index contributed by atoms with van der Waals surface area (Å²) in [4.78, 5) is 11.7. The molecule has 0 radical (unpaired) electrons. The van der Waals surface area contributed by atoms with Gasteiger partial charge in [0.2, 0.25) is 5.82 Å². The van der Waals surface area contributed by atoms with Crippen molar-refractivity contribution in [2.75, 3.05) is 24.5 Å². The first-order valence-electron chi connectivity index (χ1n) is 9.33. The van der Waals surface area contributed by atoms with Crippen LogP contribution in [0.4, 0.5) is 18.9 Å². The summed E-state index contributed by atoms with van der Waals surface area (Å²) < 4.78 is 38.0. The van der Waals surface area contributed by atoms with Gasteiger partial charge < -0.3 is 4.90 Å². The van der Waals surface area contributed by atoms with E-state index in [2.05, 4.69) is 51.0 Å². The molecule has 0 N–H and O–H groups in total. The van der Waals surface area contributed by atoms with Crippen molar-refractivity contribution in [3.8, 4) is 0 Å². The first-order valence-corrected chi connectivity index (χ1v) is 9.33. The number of anilines is 1. The Labute approximate surface area is 157 Å². The van der Waals surface area contributed by atoms with Gasteiger partial charge in [-0.2, -0.15) is 13.2 Å². The molecule has 1 aromatic carbocycles. The number of rotatable bonds is 4. The predicted molar refractivity (Wildman–Crippen MR) is 97.2 cm³/mol. The third-order valence-corrected chi connectivity index (χ3v) is 5.89. The van der Waals surface area contributed by atoms with Gasteiger partial charge in [0.05, 0.1) is 18.1 Å². The highest BCUT2D eigenvalue weighted by Crippen LogP contribution is 2.48. The molecule has 2 aliphatic rings. The first kappa shape index (κ1) is 18.2. The van der Waals surface area contributed by atoms with Crippen molar-refractivity contribution in [1.29, 1.82) is 0 Å². The van der Waals surface area contributed by atoms with E-state index in [0.29, 0.717) is 11.7 Å². The Bertz CT molecular complexity index is 778. The zero-order chi connectivity index (χ0) is 19.1. The summed E-state index contributed by atoms with van der Waals surface area (Å²) in [7, 11) is 0. The van der Waals surface area contributed by atoms with Gasteiger partial charge in [0.25, 0.3) is 0 Å². The molecule has 4 nitrogen and oxygen atoms in total. The minimum atomic E-state index is -4.50. The molecule has 0 bridgehead atoms. The quantitative estimate of drug-likeness (QED) is 0.808. The fourth-order valence-electron chi connectivity index (χ4n) is 4.68. The van der Waals surface area contributed by atoms with Crippen LogP contribution in [0.5, 0.6) is 0 Å². The monoisotopic (exact) mass is 376 g/mol. The van der Waals surface area contributed by atoms with Crippen LogP contribution in [-0.4, -0.2) is 40.5 Å². The van der Waals surface area contributed by atoms with Crippen LogP contribution in [0.2, 0.25) is 0 Å².